The molecule has 0 saturated carbocycles. The predicted octanol–water partition coefficient (Wildman–Crippen LogP) is 2.24. The van der Waals surface area contributed by atoms with Crippen LogP contribution < -0.4 is 4.90 Å². The lowest BCUT2D eigenvalue weighted by molar-refractivity contribution is -0.385. The minimum Gasteiger partial charge on any atom is -0.368 e. The van der Waals surface area contributed by atoms with E-state index in [9.17, 15) is 10.1 Å². The predicted molar refractivity (Wildman–Crippen MR) is 78.8 cm³/mol. The number of likely N-dealkylation sites (N-methyl/N-ethyl adjacent to an activating group) is 2. The molecule has 1 unspecified atom stereocenters. The molecule has 0 aliphatic carbocycles. The second-order valence-corrected chi connectivity index (χ2v) is 4.97. The Morgan fingerprint density at radius 3 is 2.55 bits per heavy atom. The Labute approximate surface area is 119 Å². The molecule has 0 spiro atoms. The molecule has 20 heavy (non-hydrogen) atoms. The summed E-state index contributed by atoms with van der Waals surface area (Å²) in [5.74, 6) is 0. The number of nitro benzene ring substituents is 1. The molecule has 0 heterocycles. The monoisotopic (exact) mass is 276 g/mol. The highest BCUT2D eigenvalue weighted by Gasteiger charge is 2.19. The van der Waals surface area contributed by atoms with Gasteiger partial charge in [-0.05, 0) is 40.1 Å². The van der Waals surface area contributed by atoms with Crippen LogP contribution in [0.3, 0.4) is 0 Å². The van der Waals surface area contributed by atoms with Crippen molar-refractivity contribution in [2.45, 2.75) is 19.9 Å². The number of hydrogen-bond acceptors (Lipinski definition) is 5. The fraction of sp³-hybridized carbons (Fsp3) is 0.500. The zero-order chi connectivity index (χ0) is 15.3. The molecule has 0 saturated heterocycles. The number of nitriles is 1. The minimum absolute atomic E-state index is 0.0927. The van der Waals surface area contributed by atoms with Crippen LogP contribution in [0.2, 0.25) is 0 Å². The van der Waals surface area contributed by atoms with E-state index in [1.165, 1.54) is 12.1 Å². The highest BCUT2D eigenvalue weighted by Crippen LogP contribution is 2.26. The average molecular weight is 276 g/mol. The van der Waals surface area contributed by atoms with Gasteiger partial charge in [0.05, 0.1) is 4.92 Å². The first-order valence-corrected chi connectivity index (χ1v) is 6.50. The van der Waals surface area contributed by atoms with Crippen LogP contribution >= 0.6 is 0 Å². The molecular weight excluding hydrogens is 256 g/mol. The van der Waals surface area contributed by atoms with Gasteiger partial charge in [-0.1, -0.05) is 0 Å². The van der Waals surface area contributed by atoms with Crippen LogP contribution in [0.15, 0.2) is 18.2 Å². The quantitative estimate of drug-likeness (QED) is 0.588. The zero-order valence-corrected chi connectivity index (χ0v) is 12.3. The van der Waals surface area contributed by atoms with Crippen LogP contribution in [0.1, 0.15) is 19.4 Å². The minimum atomic E-state index is -0.507. The maximum atomic E-state index is 11.0. The molecule has 1 rings (SSSR count). The van der Waals surface area contributed by atoms with Gasteiger partial charge in [0.1, 0.15) is 11.6 Å². The molecule has 6 nitrogen and oxygen atoms in total. The Kier molecular flexibility index (Phi) is 5.47. The summed E-state index contributed by atoms with van der Waals surface area (Å²) in [6.07, 6.45) is 0. The van der Waals surface area contributed by atoms with E-state index in [1.54, 1.807) is 6.07 Å². The van der Waals surface area contributed by atoms with Crippen molar-refractivity contribution in [3.63, 3.8) is 0 Å². The van der Waals surface area contributed by atoms with Gasteiger partial charge < -0.3 is 9.80 Å². The molecule has 1 aromatic carbocycles. The number of nitrogens with zero attached hydrogens (tertiary/aromatic N) is 4. The Morgan fingerprint density at radius 1 is 1.45 bits per heavy atom. The summed E-state index contributed by atoms with van der Waals surface area (Å²) in [4.78, 5) is 14.7. The largest absolute Gasteiger partial charge is 0.368 e. The molecule has 0 bridgehead atoms. The number of benzene rings is 1. The molecule has 0 aliphatic rings. The van der Waals surface area contributed by atoms with E-state index >= 15 is 0 Å². The third-order valence-electron chi connectivity index (χ3n) is 3.13. The van der Waals surface area contributed by atoms with Crippen LogP contribution in [-0.4, -0.2) is 43.0 Å². The lowest BCUT2D eigenvalue weighted by Gasteiger charge is -2.32. The molecule has 1 atom stereocenters. The van der Waals surface area contributed by atoms with E-state index in [2.05, 4.69) is 16.7 Å². The molecule has 0 radical (unpaired) electrons. The van der Waals surface area contributed by atoms with Crippen molar-refractivity contribution < 1.29 is 4.92 Å². The first-order chi connectivity index (χ1) is 9.40. The molecule has 6 heteroatoms. The topological polar surface area (TPSA) is 73.4 Å². The number of anilines is 1. The Bertz CT molecular complexity index is 522. The van der Waals surface area contributed by atoms with E-state index in [1.807, 2.05) is 27.1 Å². The van der Waals surface area contributed by atoms with Crippen molar-refractivity contribution in [3.05, 3.63) is 33.9 Å². The van der Waals surface area contributed by atoms with E-state index in [4.69, 9.17) is 5.26 Å². The molecule has 0 fully saturated rings. The molecular formula is C14H20N4O2. The Morgan fingerprint density at radius 2 is 2.10 bits per heavy atom. The van der Waals surface area contributed by atoms with Crippen molar-refractivity contribution in [1.82, 2.24) is 4.90 Å². The first-order valence-electron chi connectivity index (χ1n) is 6.50. The summed E-state index contributed by atoms with van der Waals surface area (Å²) in [6.45, 7) is 5.68. The van der Waals surface area contributed by atoms with Crippen LogP contribution in [0.25, 0.3) is 0 Å². The highest BCUT2D eigenvalue weighted by atomic mass is 16.6. The molecule has 108 valence electrons. The summed E-state index contributed by atoms with van der Waals surface area (Å²) < 4.78 is 0. The maximum absolute atomic E-state index is 11.0. The van der Waals surface area contributed by atoms with Crippen LogP contribution in [0, 0.1) is 21.4 Å². The Balaban J connectivity index is 3.14. The molecule has 0 N–H and O–H groups in total. The third kappa shape index (κ3) is 3.68. The molecule has 1 aromatic rings. The molecule has 0 amide bonds. The van der Waals surface area contributed by atoms with Gasteiger partial charge in [0, 0.05) is 30.9 Å². The average Bonchev–Trinajstić information content (AvgIpc) is 2.38. The van der Waals surface area contributed by atoms with Crippen LogP contribution in [0.4, 0.5) is 11.4 Å². The van der Waals surface area contributed by atoms with E-state index in [-0.39, 0.29) is 17.3 Å². The van der Waals surface area contributed by atoms with Crippen molar-refractivity contribution in [3.8, 4) is 6.07 Å². The van der Waals surface area contributed by atoms with Gasteiger partial charge in [0.15, 0.2) is 0 Å². The van der Waals surface area contributed by atoms with E-state index < -0.39 is 4.92 Å². The normalized spacial score (nSPS) is 12.0. The lowest BCUT2D eigenvalue weighted by atomic mass is 10.1. The SMILES string of the molecule is CCN(c1ccc(C#N)c([N+](=O)[O-])c1)C(C)CN(C)C. The standard InChI is InChI=1S/C14H20N4O2/c1-5-17(11(2)10-16(3)4)13-7-6-12(9-15)14(8-13)18(19)20/h6-8,11H,5,10H2,1-4H3. The van der Waals surface area contributed by atoms with Gasteiger partial charge in [0.2, 0.25) is 0 Å². The smallest absolute Gasteiger partial charge is 0.289 e. The number of nitro groups is 1. The van der Waals surface area contributed by atoms with Gasteiger partial charge in [-0.25, -0.2) is 0 Å². The van der Waals surface area contributed by atoms with Crippen LogP contribution in [0.5, 0.6) is 0 Å². The number of rotatable bonds is 6. The van der Waals surface area contributed by atoms with E-state index in [0.717, 1.165) is 18.8 Å². The maximum Gasteiger partial charge on any atom is 0.289 e. The summed E-state index contributed by atoms with van der Waals surface area (Å²) >= 11 is 0. The van der Waals surface area contributed by atoms with Crippen molar-refractivity contribution in [2.24, 2.45) is 0 Å². The van der Waals surface area contributed by atoms with E-state index in [0.29, 0.717) is 0 Å². The van der Waals surface area contributed by atoms with Crippen molar-refractivity contribution in [2.75, 3.05) is 32.1 Å². The fourth-order valence-corrected chi connectivity index (χ4v) is 2.32. The summed E-state index contributed by atoms with van der Waals surface area (Å²) in [7, 11) is 3.98. The third-order valence-corrected chi connectivity index (χ3v) is 3.13. The fourth-order valence-electron chi connectivity index (χ4n) is 2.32. The summed E-state index contributed by atoms with van der Waals surface area (Å²) in [5, 5.41) is 19.9. The summed E-state index contributed by atoms with van der Waals surface area (Å²) in [6, 6.07) is 6.84. The van der Waals surface area contributed by atoms with Gasteiger partial charge in [-0.2, -0.15) is 5.26 Å². The number of hydrogen-bond donors (Lipinski definition) is 0. The molecule has 0 aliphatic heterocycles. The van der Waals surface area contributed by atoms with Crippen molar-refractivity contribution >= 4 is 11.4 Å². The zero-order valence-electron chi connectivity index (χ0n) is 12.3. The highest BCUT2D eigenvalue weighted by molar-refractivity contribution is 5.60. The first kappa shape index (κ1) is 15.9. The van der Waals surface area contributed by atoms with Gasteiger partial charge >= 0.3 is 0 Å². The molecule has 0 aromatic heterocycles. The van der Waals surface area contributed by atoms with Gasteiger partial charge in [-0.3, -0.25) is 10.1 Å². The second kappa shape index (κ2) is 6.87. The van der Waals surface area contributed by atoms with Gasteiger partial charge in [-0.15, -0.1) is 0 Å². The van der Waals surface area contributed by atoms with Crippen LogP contribution in [-0.2, 0) is 0 Å². The summed E-state index contributed by atoms with van der Waals surface area (Å²) in [5.41, 5.74) is 0.725. The Hall–Kier alpha value is -2.13. The second-order valence-electron chi connectivity index (χ2n) is 4.97. The van der Waals surface area contributed by atoms with Gasteiger partial charge in [0.25, 0.3) is 5.69 Å². The lowest BCUT2D eigenvalue weighted by Crippen LogP contribution is -2.40. The van der Waals surface area contributed by atoms with Crippen molar-refractivity contribution in [1.29, 1.82) is 5.26 Å².